The highest BCUT2D eigenvalue weighted by atomic mass is 15.1. The SMILES string of the molecule is CC(C)c1cc2c3ccc(-c4cccc5c4nc(-c4cccc6c4[nH]c4ccccc46)n5-c4ccc(-c5ccncc5)cc4)cc3n(-c3cc(C(C)(C)C)ccn3)c2cc1C(C)C. The van der Waals surface area contributed by atoms with Gasteiger partial charge in [-0.15, -0.1) is 0 Å². The summed E-state index contributed by atoms with van der Waals surface area (Å²) < 4.78 is 4.72. The average Bonchev–Trinajstić information content (AvgIpc) is 3.98. The van der Waals surface area contributed by atoms with Crippen LogP contribution in [0.25, 0.3) is 99.8 Å². The van der Waals surface area contributed by atoms with Gasteiger partial charge in [0.15, 0.2) is 0 Å². The van der Waals surface area contributed by atoms with E-state index in [-0.39, 0.29) is 5.41 Å². The van der Waals surface area contributed by atoms with Crippen LogP contribution in [0.3, 0.4) is 0 Å². The molecule has 63 heavy (non-hydrogen) atoms. The van der Waals surface area contributed by atoms with Gasteiger partial charge in [0.05, 0.1) is 27.6 Å². The van der Waals surface area contributed by atoms with Crippen LogP contribution in [-0.2, 0) is 5.41 Å². The Morgan fingerprint density at radius 3 is 1.98 bits per heavy atom. The Labute approximate surface area is 367 Å². The molecule has 0 amide bonds. The Morgan fingerprint density at radius 1 is 0.524 bits per heavy atom. The summed E-state index contributed by atoms with van der Waals surface area (Å²) >= 11 is 0. The van der Waals surface area contributed by atoms with E-state index in [0.717, 1.165) is 72.7 Å². The third-order valence-corrected chi connectivity index (χ3v) is 13.0. The zero-order chi connectivity index (χ0) is 43.1. The molecule has 0 aliphatic carbocycles. The fourth-order valence-electron chi connectivity index (χ4n) is 9.70. The molecule has 11 aromatic rings. The number of rotatable bonds is 7. The molecule has 308 valence electrons. The van der Waals surface area contributed by atoms with E-state index >= 15 is 0 Å². The van der Waals surface area contributed by atoms with Crippen molar-refractivity contribution >= 4 is 54.6 Å². The van der Waals surface area contributed by atoms with Gasteiger partial charge in [-0.1, -0.05) is 115 Å². The molecule has 5 aromatic heterocycles. The number of nitrogens with zero attached hydrogens (tertiary/aromatic N) is 5. The number of aromatic nitrogens is 6. The smallest absolute Gasteiger partial charge is 0.147 e. The van der Waals surface area contributed by atoms with Crippen LogP contribution in [0.4, 0.5) is 0 Å². The van der Waals surface area contributed by atoms with Gasteiger partial charge < -0.3 is 4.98 Å². The van der Waals surface area contributed by atoms with E-state index in [9.17, 15) is 0 Å². The lowest BCUT2D eigenvalue weighted by atomic mass is 9.88. The molecule has 0 aliphatic rings. The van der Waals surface area contributed by atoms with Crippen LogP contribution in [0.1, 0.15) is 77.0 Å². The molecule has 0 unspecified atom stereocenters. The lowest BCUT2D eigenvalue weighted by Crippen LogP contribution is -2.12. The predicted octanol–water partition coefficient (Wildman–Crippen LogP) is 15.1. The van der Waals surface area contributed by atoms with Crippen LogP contribution in [0, 0.1) is 0 Å². The monoisotopic (exact) mass is 818 g/mol. The van der Waals surface area contributed by atoms with Gasteiger partial charge in [0.1, 0.15) is 11.6 Å². The van der Waals surface area contributed by atoms with Crippen molar-refractivity contribution in [2.24, 2.45) is 0 Å². The Balaban J connectivity index is 1.17. The number of aromatic amines is 1. The molecular weight excluding hydrogens is 769 g/mol. The molecule has 0 radical (unpaired) electrons. The maximum absolute atomic E-state index is 5.66. The molecule has 6 nitrogen and oxygen atoms in total. The number of hydrogen-bond acceptors (Lipinski definition) is 3. The van der Waals surface area contributed by atoms with Gasteiger partial charge in [-0.05, 0) is 123 Å². The minimum absolute atomic E-state index is 0.0295. The summed E-state index contributed by atoms with van der Waals surface area (Å²) in [5, 5.41) is 4.84. The molecule has 0 saturated heterocycles. The lowest BCUT2D eigenvalue weighted by molar-refractivity contribution is 0.588. The van der Waals surface area contributed by atoms with E-state index < -0.39 is 0 Å². The van der Waals surface area contributed by atoms with E-state index in [1.54, 1.807) is 0 Å². The average molecular weight is 819 g/mol. The second-order valence-electron chi connectivity index (χ2n) is 18.7. The second kappa shape index (κ2) is 14.7. The molecule has 0 fully saturated rings. The van der Waals surface area contributed by atoms with Crippen molar-refractivity contribution in [3.05, 3.63) is 175 Å². The topological polar surface area (TPSA) is 64.3 Å². The van der Waals surface area contributed by atoms with Crippen LogP contribution in [0.5, 0.6) is 0 Å². The van der Waals surface area contributed by atoms with Crippen LogP contribution in [0.15, 0.2) is 158 Å². The van der Waals surface area contributed by atoms with Crippen LogP contribution >= 0.6 is 0 Å². The summed E-state index contributed by atoms with van der Waals surface area (Å²) in [5.74, 6) is 2.59. The number of nitrogens with one attached hydrogen (secondary N) is 1. The maximum Gasteiger partial charge on any atom is 0.147 e. The maximum atomic E-state index is 5.66. The highest BCUT2D eigenvalue weighted by Gasteiger charge is 2.24. The first kappa shape index (κ1) is 38.6. The van der Waals surface area contributed by atoms with Crippen LogP contribution < -0.4 is 0 Å². The van der Waals surface area contributed by atoms with Crippen molar-refractivity contribution in [2.45, 2.75) is 65.7 Å². The zero-order valence-corrected chi connectivity index (χ0v) is 36.9. The number of fused-ring (bicyclic) bond motifs is 7. The van der Waals surface area contributed by atoms with Crippen molar-refractivity contribution in [3.63, 3.8) is 0 Å². The van der Waals surface area contributed by atoms with Crippen LogP contribution in [-0.4, -0.2) is 29.1 Å². The molecular formula is C57H50N6. The van der Waals surface area contributed by atoms with Gasteiger partial charge in [-0.3, -0.25) is 14.1 Å². The molecule has 0 aliphatic heterocycles. The lowest BCUT2D eigenvalue weighted by Gasteiger charge is -2.20. The quantitative estimate of drug-likeness (QED) is 0.174. The Morgan fingerprint density at radius 2 is 1.21 bits per heavy atom. The van der Waals surface area contributed by atoms with Crippen molar-refractivity contribution in [2.75, 3.05) is 0 Å². The number of imidazole rings is 1. The fourth-order valence-corrected chi connectivity index (χ4v) is 9.70. The van der Waals surface area contributed by atoms with Crippen LogP contribution in [0.2, 0.25) is 0 Å². The van der Waals surface area contributed by atoms with Crippen molar-refractivity contribution in [1.82, 2.24) is 29.1 Å². The number of benzene rings is 6. The van der Waals surface area contributed by atoms with Gasteiger partial charge in [0.25, 0.3) is 0 Å². The molecule has 0 spiro atoms. The van der Waals surface area contributed by atoms with Crippen molar-refractivity contribution in [1.29, 1.82) is 0 Å². The summed E-state index contributed by atoms with van der Waals surface area (Å²) in [6.07, 6.45) is 5.65. The molecule has 0 saturated carbocycles. The van der Waals surface area contributed by atoms with E-state index in [1.165, 1.54) is 43.8 Å². The standard InChI is InChI=1S/C57H50N6/c1-34(2)46-32-48-43-23-20-38(30-51(43)63(52(48)33-47(46)35(3)4)53-31-39(26-29-59-53)57(5,6)7)41-13-11-17-50-55(41)61-56(45-15-10-14-44-42-12-8-9-16-49(42)60-54(44)45)62(50)40-21-18-36(19-22-40)37-24-27-58-28-25-37/h8-35,60H,1-7H3. The van der Waals surface area contributed by atoms with Crippen molar-refractivity contribution in [3.8, 4) is 45.1 Å². The van der Waals surface area contributed by atoms with Gasteiger partial charge >= 0.3 is 0 Å². The van der Waals surface area contributed by atoms with E-state index in [2.05, 4.69) is 207 Å². The molecule has 5 heterocycles. The molecule has 0 atom stereocenters. The van der Waals surface area contributed by atoms with Crippen molar-refractivity contribution < 1.29 is 0 Å². The molecule has 6 heteroatoms. The summed E-state index contributed by atoms with van der Waals surface area (Å²) in [6, 6.07) is 50.8. The Hall–Kier alpha value is -7.31. The third kappa shape index (κ3) is 6.35. The first-order valence-corrected chi connectivity index (χ1v) is 22.1. The number of pyridine rings is 2. The van der Waals surface area contributed by atoms with E-state index in [0.29, 0.717) is 11.8 Å². The molecule has 1 N–H and O–H groups in total. The summed E-state index contributed by atoms with van der Waals surface area (Å²) in [7, 11) is 0. The van der Waals surface area contributed by atoms with Gasteiger partial charge in [-0.25, -0.2) is 9.97 Å². The number of H-pyrrole nitrogens is 1. The predicted molar refractivity (Wildman–Crippen MR) is 264 cm³/mol. The first-order valence-electron chi connectivity index (χ1n) is 22.1. The zero-order valence-electron chi connectivity index (χ0n) is 36.9. The highest BCUT2D eigenvalue weighted by molar-refractivity contribution is 6.13. The molecule has 11 rings (SSSR count). The minimum atomic E-state index is -0.0295. The van der Waals surface area contributed by atoms with Gasteiger partial charge in [0.2, 0.25) is 0 Å². The third-order valence-electron chi connectivity index (χ3n) is 13.0. The number of hydrogen-bond donors (Lipinski definition) is 1. The summed E-state index contributed by atoms with van der Waals surface area (Å²) in [5.41, 5.74) is 17.0. The Bertz CT molecular complexity index is 3540. The van der Waals surface area contributed by atoms with E-state index in [4.69, 9.17) is 9.97 Å². The van der Waals surface area contributed by atoms with Gasteiger partial charge in [-0.2, -0.15) is 0 Å². The van der Waals surface area contributed by atoms with Gasteiger partial charge in [0, 0.05) is 62.5 Å². The summed E-state index contributed by atoms with van der Waals surface area (Å²) in [6.45, 7) is 16.0. The summed E-state index contributed by atoms with van der Waals surface area (Å²) in [4.78, 5) is 18.7. The molecule has 0 bridgehead atoms. The Kier molecular flexibility index (Phi) is 8.98. The second-order valence-corrected chi connectivity index (χ2v) is 18.7. The minimum Gasteiger partial charge on any atom is -0.354 e. The molecule has 6 aromatic carbocycles. The fraction of sp³-hybridized carbons (Fsp3) is 0.175. The number of para-hydroxylation sites is 3. The highest BCUT2D eigenvalue weighted by Crippen LogP contribution is 2.42. The largest absolute Gasteiger partial charge is 0.354 e. The van der Waals surface area contributed by atoms with E-state index in [1.807, 2.05) is 18.6 Å². The first-order chi connectivity index (χ1) is 30.5. The normalized spacial score (nSPS) is 12.3.